The maximum Gasteiger partial charge on any atom is 0.0541 e. The molecule has 0 aliphatic rings. The van der Waals surface area contributed by atoms with E-state index in [-0.39, 0.29) is 0 Å². The Kier molecular flexibility index (Phi) is 9.89. The molecule has 2 nitrogen and oxygen atoms in total. The number of fused-ring (bicyclic) bond motifs is 4. The molecule has 0 fully saturated rings. The first kappa shape index (κ1) is 38.9. The van der Waals surface area contributed by atoms with Gasteiger partial charge in [-0.25, -0.2) is 0 Å². The summed E-state index contributed by atoms with van der Waals surface area (Å²) in [6.07, 6.45) is 0. The molecule has 12 rings (SSSR count). The number of benzene rings is 11. The molecule has 0 aliphatic carbocycles. The number of anilines is 3. The van der Waals surface area contributed by atoms with E-state index in [2.05, 4.69) is 276 Å². The second-order valence-electron chi connectivity index (χ2n) is 16.9. The van der Waals surface area contributed by atoms with E-state index < -0.39 is 0 Å². The fourth-order valence-electron chi connectivity index (χ4n) is 9.85. The van der Waals surface area contributed by atoms with Crippen molar-refractivity contribution in [3.63, 3.8) is 0 Å². The Labute approximate surface area is 385 Å². The number of hydrogen-bond donors (Lipinski definition) is 0. The highest BCUT2D eigenvalue weighted by Crippen LogP contribution is 2.41. The van der Waals surface area contributed by atoms with Gasteiger partial charge in [0, 0.05) is 33.4 Å². The van der Waals surface area contributed by atoms with Gasteiger partial charge in [-0.15, -0.1) is 0 Å². The van der Waals surface area contributed by atoms with Gasteiger partial charge in [0.2, 0.25) is 0 Å². The maximum absolute atomic E-state index is 2.41. The van der Waals surface area contributed by atoms with Crippen molar-refractivity contribution < 1.29 is 0 Å². The van der Waals surface area contributed by atoms with Gasteiger partial charge in [-0.2, -0.15) is 0 Å². The second kappa shape index (κ2) is 16.8. The van der Waals surface area contributed by atoms with Crippen LogP contribution in [0.1, 0.15) is 0 Å². The molecule has 0 saturated carbocycles. The molecule has 66 heavy (non-hydrogen) atoms. The molecular weight excluding hydrogens is 797 g/mol. The van der Waals surface area contributed by atoms with E-state index in [4.69, 9.17) is 0 Å². The lowest BCUT2D eigenvalue weighted by Crippen LogP contribution is -2.09. The van der Waals surface area contributed by atoms with Crippen molar-refractivity contribution in [2.24, 2.45) is 0 Å². The Hall–Kier alpha value is -8.72. The number of nitrogens with zero attached hydrogens (tertiary/aromatic N) is 2. The molecule has 0 radical (unpaired) electrons. The fourth-order valence-corrected chi connectivity index (χ4v) is 9.85. The largest absolute Gasteiger partial charge is 0.311 e. The summed E-state index contributed by atoms with van der Waals surface area (Å²) in [6.45, 7) is 0. The first-order valence-electron chi connectivity index (χ1n) is 22.7. The minimum Gasteiger partial charge on any atom is -0.311 e. The average molecular weight is 841 g/mol. The average Bonchev–Trinajstić information content (AvgIpc) is 3.74. The Morgan fingerprint density at radius 2 is 0.591 bits per heavy atom. The normalized spacial score (nSPS) is 11.3. The fraction of sp³-hybridized carbons (Fsp3) is 0. The summed E-state index contributed by atoms with van der Waals surface area (Å²) >= 11 is 0. The zero-order valence-electron chi connectivity index (χ0n) is 36.3. The van der Waals surface area contributed by atoms with Gasteiger partial charge in [-0.05, 0) is 115 Å². The summed E-state index contributed by atoms with van der Waals surface area (Å²) in [5, 5.41) is 5.03. The molecule has 0 saturated heterocycles. The molecule has 11 aromatic carbocycles. The molecule has 0 spiro atoms. The third-order valence-corrected chi connectivity index (χ3v) is 13.1. The Morgan fingerprint density at radius 3 is 1.18 bits per heavy atom. The highest BCUT2D eigenvalue weighted by atomic mass is 15.1. The summed E-state index contributed by atoms with van der Waals surface area (Å²) in [4.78, 5) is 2.36. The van der Waals surface area contributed by atoms with Crippen molar-refractivity contribution in [1.82, 2.24) is 4.57 Å². The van der Waals surface area contributed by atoms with Crippen LogP contribution in [0.15, 0.2) is 267 Å². The Bertz CT molecular complexity index is 3600. The third kappa shape index (κ3) is 7.02. The molecule has 0 bridgehead atoms. The van der Waals surface area contributed by atoms with E-state index in [1.165, 1.54) is 93.9 Å². The first-order valence-corrected chi connectivity index (χ1v) is 22.7. The maximum atomic E-state index is 2.41. The van der Waals surface area contributed by atoms with Crippen LogP contribution in [-0.4, -0.2) is 4.57 Å². The monoisotopic (exact) mass is 840 g/mol. The zero-order chi connectivity index (χ0) is 43.8. The summed E-state index contributed by atoms with van der Waals surface area (Å²) in [5.74, 6) is 0. The predicted octanol–water partition coefficient (Wildman–Crippen LogP) is 17.7. The molecule has 0 N–H and O–H groups in total. The molecule has 1 heterocycles. The van der Waals surface area contributed by atoms with Gasteiger partial charge in [-0.1, -0.05) is 212 Å². The van der Waals surface area contributed by atoms with Gasteiger partial charge in [0.05, 0.1) is 16.7 Å². The highest BCUT2D eigenvalue weighted by Gasteiger charge is 2.17. The first-order chi connectivity index (χ1) is 32.7. The van der Waals surface area contributed by atoms with Gasteiger partial charge < -0.3 is 9.47 Å². The van der Waals surface area contributed by atoms with Crippen LogP contribution in [0.3, 0.4) is 0 Å². The van der Waals surface area contributed by atoms with E-state index in [1.807, 2.05) is 0 Å². The van der Waals surface area contributed by atoms with Gasteiger partial charge in [0.1, 0.15) is 0 Å². The minimum absolute atomic E-state index is 1.09. The predicted molar refractivity (Wildman–Crippen MR) is 280 cm³/mol. The number of aromatic nitrogens is 1. The van der Waals surface area contributed by atoms with Crippen molar-refractivity contribution in [3.8, 4) is 61.3 Å². The van der Waals surface area contributed by atoms with Crippen LogP contribution in [0.4, 0.5) is 17.1 Å². The lowest BCUT2D eigenvalue weighted by molar-refractivity contribution is 1.18. The molecule has 0 unspecified atom stereocenters. The van der Waals surface area contributed by atoms with Crippen LogP contribution < -0.4 is 4.90 Å². The molecule has 12 aromatic rings. The molecule has 0 atom stereocenters. The summed E-state index contributed by atoms with van der Waals surface area (Å²) in [6, 6.07) is 96.7. The second-order valence-corrected chi connectivity index (χ2v) is 16.9. The smallest absolute Gasteiger partial charge is 0.0541 e. The highest BCUT2D eigenvalue weighted by molar-refractivity contribution is 6.09. The van der Waals surface area contributed by atoms with Crippen LogP contribution in [0.5, 0.6) is 0 Å². The SMILES string of the molecule is c1ccc(-c2ccccc2-c2ccc(N(c3ccc(-c4ccc(-c5ccccc5-n5c6ccccc6c6ccccc65)cc4)cc3)c3ccc(-c4cccc5ccccc45)cc3)cc2)cc1. The van der Waals surface area contributed by atoms with Gasteiger partial charge >= 0.3 is 0 Å². The molecular formula is C64H44N2. The molecule has 0 amide bonds. The summed E-state index contributed by atoms with van der Waals surface area (Å²) in [5.41, 5.74) is 18.8. The van der Waals surface area contributed by atoms with Crippen LogP contribution in [0.25, 0.3) is 93.9 Å². The van der Waals surface area contributed by atoms with Gasteiger partial charge in [0.15, 0.2) is 0 Å². The Morgan fingerprint density at radius 1 is 0.227 bits per heavy atom. The lowest BCUT2D eigenvalue weighted by atomic mass is 9.94. The molecule has 0 aliphatic heterocycles. The van der Waals surface area contributed by atoms with E-state index in [9.17, 15) is 0 Å². The Balaban J connectivity index is 0.889. The molecule has 2 heteroatoms. The summed E-state index contributed by atoms with van der Waals surface area (Å²) in [7, 11) is 0. The van der Waals surface area contributed by atoms with E-state index >= 15 is 0 Å². The topological polar surface area (TPSA) is 8.17 Å². The van der Waals surface area contributed by atoms with Gasteiger partial charge in [0.25, 0.3) is 0 Å². The van der Waals surface area contributed by atoms with Crippen molar-refractivity contribution in [1.29, 1.82) is 0 Å². The van der Waals surface area contributed by atoms with E-state index in [0.29, 0.717) is 0 Å². The van der Waals surface area contributed by atoms with E-state index in [0.717, 1.165) is 17.1 Å². The van der Waals surface area contributed by atoms with Crippen LogP contribution in [-0.2, 0) is 0 Å². The van der Waals surface area contributed by atoms with Crippen LogP contribution in [0.2, 0.25) is 0 Å². The van der Waals surface area contributed by atoms with Crippen LogP contribution in [0, 0.1) is 0 Å². The third-order valence-electron chi connectivity index (χ3n) is 13.1. The van der Waals surface area contributed by atoms with Crippen molar-refractivity contribution in [2.75, 3.05) is 4.90 Å². The lowest BCUT2D eigenvalue weighted by Gasteiger charge is -2.26. The minimum atomic E-state index is 1.09. The number of hydrogen-bond acceptors (Lipinski definition) is 1. The number of rotatable bonds is 9. The quantitative estimate of drug-likeness (QED) is 0.141. The van der Waals surface area contributed by atoms with E-state index in [1.54, 1.807) is 0 Å². The van der Waals surface area contributed by atoms with Crippen LogP contribution >= 0.6 is 0 Å². The zero-order valence-corrected chi connectivity index (χ0v) is 36.3. The molecule has 310 valence electrons. The van der Waals surface area contributed by atoms with Gasteiger partial charge in [-0.3, -0.25) is 0 Å². The van der Waals surface area contributed by atoms with Crippen molar-refractivity contribution in [2.45, 2.75) is 0 Å². The van der Waals surface area contributed by atoms with Crippen molar-refractivity contribution in [3.05, 3.63) is 267 Å². The standard InChI is InChI=1S/C64H44N2/c1-2-15-47(16-3-1)55-20-6-7-21-57(55)49-35-41-53(42-36-49)65(54-43-37-50(38-44-54)58-25-14-18-48-17-4-5-19-56(48)58)52-39-33-46(34-40-52)45-29-31-51(32-30-45)59-22-8-11-26-62(59)66-63-27-12-9-23-60(63)61-24-10-13-28-64(61)66/h1-44H. The molecule has 1 aromatic heterocycles. The van der Waals surface area contributed by atoms with Crippen molar-refractivity contribution >= 4 is 49.6 Å². The number of para-hydroxylation sites is 3. The summed E-state index contributed by atoms with van der Waals surface area (Å²) < 4.78 is 2.41.